The van der Waals surface area contributed by atoms with Crippen LogP contribution in [0.4, 0.5) is 0 Å². The molecule has 0 radical (unpaired) electrons. The van der Waals surface area contributed by atoms with Crippen LogP contribution < -0.4 is 0 Å². The van der Waals surface area contributed by atoms with Gasteiger partial charge in [-0.05, 0) is 0 Å². The Morgan fingerprint density at radius 3 is 2.38 bits per heavy atom. The Hall–Kier alpha value is -0.114. The molecule has 0 aromatic carbocycles. The van der Waals surface area contributed by atoms with Crippen molar-refractivity contribution in [2.45, 2.75) is 29.9 Å². The monoisotopic (exact) mass is 259 g/mol. The SMILES string of the molecule is C[Se][C@H](c1ccccn1)[Si](C)(C)C. The molecule has 0 fully saturated rings. The molecule has 0 spiro atoms. The van der Waals surface area contributed by atoms with E-state index in [1.54, 1.807) is 0 Å². The molecule has 1 heterocycles. The molecule has 0 aliphatic carbocycles. The van der Waals surface area contributed by atoms with Crippen LogP contribution >= 0.6 is 0 Å². The molecule has 13 heavy (non-hydrogen) atoms. The number of pyridine rings is 1. The van der Waals surface area contributed by atoms with Crippen molar-refractivity contribution in [2.75, 3.05) is 0 Å². The third-order valence-electron chi connectivity index (χ3n) is 1.98. The van der Waals surface area contributed by atoms with Gasteiger partial charge in [-0.3, -0.25) is 0 Å². The molecule has 0 amide bonds. The first-order chi connectivity index (χ1) is 6.05. The molecule has 1 atom stereocenters. The van der Waals surface area contributed by atoms with Crippen LogP contribution in [0.15, 0.2) is 24.4 Å². The van der Waals surface area contributed by atoms with Gasteiger partial charge in [0.15, 0.2) is 0 Å². The summed E-state index contributed by atoms with van der Waals surface area (Å²) in [6.07, 6.45) is 1.91. The van der Waals surface area contributed by atoms with Gasteiger partial charge in [-0.1, -0.05) is 0 Å². The Morgan fingerprint density at radius 2 is 2.00 bits per heavy atom. The fourth-order valence-electron chi connectivity index (χ4n) is 1.45. The average Bonchev–Trinajstić information content (AvgIpc) is 2.05. The van der Waals surface area contributed by atoms with Crippen LogP contribution in [0.5, 0.6) is 0 Å². The summed E-state index contributed by atoms with van der Waals surface area (Å²) in [7, 11) is -1.06. The van der Waals surface area contributed by atoms with E-state index >= 15 is 0 Å². The summed E-state index contributed by atoms with van der Waals surface area (Å²) in [5.74, 6) is 2.32. The van der Waals surface area contributed by atoms with Gasteiger partial charge in [0.2, 0.25) is 0 Å². The van der Waals surface area contributed by atoms with Crippen molar-refractivity contribution >= 4 is 23.0 Å². The van der Waals surface area contributed by atoms with Crippen molar-refractivity contribution in [2.24, 2.45) is 0 Å². The maximum absolute atomic E-state index is 4.47. The van der Waals surface area contributed by atoms with Crippen molar-refractivity contribution < 1.29 is 0 Å². The van der Waals surface area contributed by atoms with E-state index in [1.807, 2.05) is 12.3 Å². The van der Waals surface area contributed by atoms with Gasteiger partial charge in [-0.25, -0.2) is 0 Å². The minimum absolute atomic E-state index is 0.679. The fraction of sp³-hybridized carbons (Fsp3) is 0.500. The van der Waals surface area contributed by atoms with Crippen LogP contribution in [0.2, 0.25) is 25.5 Å². The predicted octanol–water partition coefficient (Wildman–Crippen LogP) is 2.75. The third kappa shape index (κ3) is 2.94. The molecule has 1 aromatic heterocycles. The normalized spacial score (nSPS) is 14.2. The summed E-state index contributed by atoms with van der Waals surface area (Å²) in [5, 5.41) is 0. The summed E-state index contributed by atoms with van der Waals surface area (Å²) in [5.41, 5.74) is 1.31. The van der Waals surface area contributed by atoms with E-state index in [0.717, 1.165) is 4.44 Å². The van der Waals surface area contributed by atoms with Crippen LogP contribution in [-0.2, 0) is 0 Å². The van der Waals surface area contributed by atoms with E-state index in [2.05, 4.69) is 42.6 Å². The molecule has 1 aromatic rings. The molecule has 0 aliphatic rings. The topological polar surface area (TPSA) is 12.9 Å². The Labute approximate surface area is 88.1 Å². The van der Waals surface area contributed by atoms with Gasteiger partial charge >= 0.3 is 88.0 Å². The van der Waals surface area contributed by atoms with Crippen LogP contribution in [0.25, 0.3) is 0 Å². The molecule has 0 saturated carbocycles. The van der Waals surface area contributed by atoms with E-state index in [4.69, 9.17) is 0 Å². The molecule has 0 unspecified atom stereocenters. The number of hydrogen-bond donors (Lipinski definition) is 0. The summed E-state index contributed by atoms with van der Waals surface area (Å²) >= 11 is 0.679. The third-order valence-corrected chi connectivity index (χ3v) is 11.0. The first-order valence-corrected chi connectivity index (χ1v) is 10.8. The maximum atomic E-state index is 4.47. The molecule has 1 rings (SSSR count). The molecule has 0 bridgehead atoms. The predicted molar refractivity (Wildman–Crippen MR) is 61.9 cm³/mol. The molecule has 1 nitrogen and oxygen atoms in total. The minimum atomic E-state index is -1.06. The first kappa shape index (κ1) is 11.0. The summed E-state index contributed by atoms with van der Waals surface area (Å²) < 4.78 is 0.765. The number of rotatable bonds is 3. The van der Waals surface area contributed by atoms with Gasteiger partial charge < -0.3 is 0 Å². The van der Waals surface area contributed by atoms with Crippen molar-refractivity contribution in [3.05, 3.63) is 30.1 Å². The molecular weight excluding hydrogens is 241 g/mol. The zero-order valence-electron chi connectivity index (χ0n) is 8.74. The number of nitrogens with zero attached hydrogens (tertiary/aromatic N) is 1. The fourth-order valence-corrected chi connectivity index (χ4v) is 8.46. The standard InChI is InChI=1S/C10H17NSeSi/c1-12-10(13(2,3)4)9-7-5-6-8-11-9/h5-8,10H,1-4H3/t10-/m0/s1. The van der Waals surface area contributed by atoms with E-state index in [1.165, 1.54) is 5.69 Å². The molecule has 72 valence electrons. The van der Waals surface area contributed by atoms with Crippen LogP contribution in [0.1, 0.15) is 10.1 Å². The van der Waals surface area contributed by atoms with E-state index in [9.17, 15) is 0 Å². The van der Waals surface area contributed by atoms with Gasteiger partial charge in [-0.2, -0.15) is 0 Å². The van der Waals surface area contributed by atoms with Gasteiger partial charge in [0.25, 0.3) is 0 Å². The number of hydrogen-bond acceptors (Lipinski definition) is 1. The zero-order chi connectivity index (χ0) is 9.90. The van der Waals surface area contributed by atoms with Gasteiger partial charge in [0.05, 0.1) is 0 Å². The quantitative estimate of drug-likeness (QED) is 0.760. The molecule has 3 heteroatoms. The van der Waals surface area contributed by atoms with E-state index in [-0.39, 0.29) is 0 Å². The van der Waals surface area contributed by atoms with Crippen LogP contribution in [0.3, 0.4) is 0 Å². The van der Waals surface area contributed by atoms with Crippen molar-refractivity contribution in [1.82, 2.24) is 4.98 Å². The van der Waals surface area contributed by atoms with E-state index in [0.29, 0.717) is 15.0 Å². The second kappa shape index (κ2) is 4.40. The second-order valence-electron chi connectivity index (χ2n) is 4.24. The summed E-state index contributed by atoms with van der Waals surface area (Å²) in [4.78, 5) is 4.47. The molecule has 0 saturated heterocycles. The first-order valence-electron chi connectivity index (χ1n) is 4.49. The Balaban J connectivity index is 2.92. The van der Waals surface area contributed by atoms with Crippen molar-refractivity contribution in [1.29, 1.82) is 0 Å². The second-order valence-corrected chi connectivity index (χ2v) is 12.5. The summed E-state index contributed by atoms with van der Waals surface area (Å²) in [6.45, 7) is 7.28. The number of aromatic nitrogens is 1. The Bertz CT molecular complexity index is 255. The molecule has 0 aliphatic heterocycles. The molecular formula is C10H17NSeSi. The van der Waals surface area contributed by atoms with Gasteiger partial charge in [0, 0.05) is 0 Å². The Kier molecular flexibility index (Phi) is 3.71. The van der Waals surface area contributed by atoms with Crippen LogP contribution in [0, 0.1) is 0 Å². The van der Waals surface area contributed by atoms with E-state index < -0.39 is 8.07 Å². The van der Waals surface area contributed by atoms with Crippen molar-refractivity contribution in [3.8, 4) is 0 Å². The van der Waals surface area contributed by atoms with Crippen molar-refractivity contribution in [3.63, 3.8) is 0 Å². The zero-order valence-corrected chi connectivity index (χ0v) is 11.5. The van der Waals surface area contributed by atoms with Gasteiger partial charge in [0.1, 0.15) is 0 Å². The summed E-state index contributed by atoms with van der Waals surface area (Å²) in [6, 6.07) is 6.27. The average molecular weight is 258 g/mol. The van der Waals surface area contributed by atoms with Crippen LogP contribution in [-0.4, -0.2) is 28.0 Å². The van der Waals surface area contributed by atoms with Gasteiger partial charge in [-0.15, -0.1) is 0 Å². The Morgan fingerprint density at radius 1 is 1.31 bits per heavy atom. The molecule has 0 N–H and O–H groups in total.